The first-order valence-electron chi connectivity index (χ1n) is 18.9. The number of carbonyl (C=O) groups excluding carboxylic acids is 2. The molecule has 2 aliphatic rings. The fourth-order valence-electron chi connectivity index (χ4n) is 7.06. The fourth-order valence-corrected chi connectivity index (χ4v) is 7.21. The summed E-state index contributed by atoms with van der Waals surface area (Å²) in [4.78, 5) is 41.6. The Morgan fingerprint density at radius 2 is 1.48 bits per heavy atom. The number of anilines is 2. The Balaban J connectivity index is 1.30. The van der Waals surface area contributed by atoms with Gasteiger partial charge < -0.3 is 29.7 Å². The summed E-state index contributed by atoms with van der Waals surface area (Å²) >= 11 is 5.77. The molecule has 0 radical (unpaired) electrons. The van der Waals surface area contributed by atoms with Gasteiger partial charge in [0.25, 0.3) is 0 Å². The van der Waals surface area contributed by atoms with Crippen LogP contribution in [0, 0.1) is 0 Å². The lowest BCUT2D eigenvalue weighted by atomic mass is 9.91. The fraction of sp³-hybridized carbons (Fsp3) is 0.459. The summed E-state index contributed by atoms with van der Waals surface area (Å²) in [6, 6.07) is 19.3. The molecule has 0 saturated carbocycles. The summed E-state index contributed by atoms with van der Waals surface area (Å²) in [7, 11) is 0. The van der Waals surface area contributed by atoms with E-state index in [1.165, 1.54) is 0 Å². The van der Waals surface area contributed by atoms with Gasteiger partial charge >= 0.3 is 24.3 Å². The molecule has 0 unspecified atom stereocenters. The minimum atomic E-state index is -5.63. The number of hydrogen-bond donors (Lipinski definition) is 2. The number of aryl methyl sites for hydroxylation is 1. The number of alkyl halides is 7. The predicted molar refractivity (Wildman–Crippen MR) is 201 cm³/mol. The number of ether oxygens (including phenoxy) is 3. The number of hydrogen-bond acceptors (Lipinski definition) is 14. The summed E-state index contributed by atoms with van der Waals surface area (Å²) in [5.74, 6) is -6.11. The van der Waals surface area contributed by atoms with Crippen LogP contribution in [0.25, 0.3) is 11.2 Å². The van der Waals surface area contributed by atoms with E-state index in [9.17, 15) is 35.9 Å². The maximum absolute atomic E-state index is 13.8. The lowest BCUT2D eigenvalue weighted by molar-refractivity contribution is -0.221. The van der Waals surface area contributed by atoms with Crippen LogP contribution < -0.4 is 10.6 Å². The molecule has 2 aromatic carbocycles. The number of likely N-dealkylation sites (tertiary alicyclic amines) is 1. The van der Waals surface area contributed by atoms with Crippen molar-refractivity contribution in [2.75, 3.05) is 49.2 Å². The van der Waals surface area contributed by atoms with Gasteiger partial charge in [-0.05, 0) is 42.3 Å². The van der Waals surface area contributed by atoms with E-state index in [0.29, 0.717) is 13.1 Å². The highest BCUT2D eigenvalue weighted by Gasteiger charge is 2.57. The van der Waals surface area contributed by atoms with Crippen LogP contribution in [0.4, 0.5) is 38.1 Å². The molecule has 2 aliphatic heterocycles. The normalized spacial score (nSPS) is 20.1. The Morgan fingerprint density at radius 1 is 0.850 bits per heavy atom. The molecule has 5 heterocycles. The first-order valence-corrected chi connectivity index (χ1v) is 19.4. The molecule has 16 nitrogen and oxygen atoms in total. The predicted octanol–water partition coefficient (Wildman–Crippen LogP) is 5.41. The molecule has 23 heteroatoms. The molecule has 2 saturated heterocycles. The zero-order valence-corrected chi connectivity index (χ0v) is 32.3. The monoisotopic (exact) mass is 865 g/mol. The third kappa shape index (κ3) is 9.87. The Kier molecular flexibility index (Phi) is 13.0. The van der Waals surface area contributed by atoms with E-state index in [2.05, 4.69) is 40.9 Å². The number of piperidine rings is 1. The third-order valence-electron chi connectivity index (χ3n) is 9.88. The molecule has 2 N–H and O–H groups in total. The minimum absolute atomic E-state index is 0.0226. The quantitative estimate of drug-likeness (QED) is 0.0776. The van der Waals surface area contributed by atoms with Crippen LogP contribution in [0.15, 0.2) is 67.0 Å². The Hall–Kier alpha value is -5.61. The van der Waals surface area contributed by atoms with E-state index in [-0.39, 0.29) is 47.8 Å². The first-order chi connectivity index (χ1) is 28.8. The van der Waals surface area contributed by atoms with Gasteiger partial charge in [0.1, 0.15) is 0 Å². The summed E-state index contributed by atoms with van der Waals surface area (Å²) in [6.45, 7) is 3.09. The van der Waals surface area contributed by atoms with E-state index in [4.69, 9.17) is 30.8 Å². The van der Waals surface area contributed by atoms with Gasteiger partial charge in [0.2, 0.25) is 11.8 Å². The molecule has 60 heavy (non-hydrogen) atoms. The molecule has 4 atom stereocenters. The van der Waals surface area contributed by atoms with Gasteiger partial charge in [0, 0.05) is 31.4 Å². The van der Waals surface area contributed by atoms with Gasteiger partial charge in [0.15, 0.2) is 41.5 Å². The summed E-state index contributed by atoms with van der Waals surface area (Å²) < 4.78 is 98.7. The average molecular weight is 866 g/mol. The van der Waals surface area contributed by atoms with Gasteiger partial charge in [-0.15, -0.1) is 21.8 Å². The van der Waals surface area contributed by atoms with Gasteiger partial charge in [-0.25, -0.2) is 14.6 Å². The molecule has 0 bridgehead atoms. The van der Waals surface area contributed by atoms with E-state index >= 15 is 0 Å². The summed E-state index contributed by atoms with van der Waals surface area (Å²) in [6.07, 6.45) is -15.6. The second-order valence-electron chi connectivity index (χ2n) is 13.9. The number of nitrogens with zero attached hydrogens (tertiary/aromatic N) is 9. The number of carbonyl (C=O) groups is 2. The maximum atomic E-state index is 13.8. The zero-order chi connectivity index (χ0) is 42.4. The number of esters is 2. The van der Waals surface area contributed by atoms with E-state index in [1.54, 1.807) is 0 Å². The highest BCUT2D eigenvalue weighted by molar-refractivity contribution is 6.17. The van der Waals surface area contributed by atoms with Crippen LogP contribution >= 0.6 is 11.6 Å². The Labute approximate surface area is 342 Å². The first kappa shape index (κ1) is 42.5. The van der Waals surface area contributed by atoms with Gasteiger partial charge in [-0.2, -0.15) is 41.1 Å². The lowest BCUT2D eigenvalue weighted by Crippen LogP contribution is -2.42. The van der Waals surface area contributed by atoms with Crippen LogP contribution in [0.5, 0.6) is 0 Å². The van der Waals surface area contributed by atoms with Crippen LogP contribution in [0.3, 0.4) is 0 Å². The van der Waals surface area contributed by atoms with E-state index < -0.39 is 54.7 Å². The summed E-state index contributed by atoms with van der Waals surface area (Å²) in [5.41, 5.74) is 1.92. The van der Waals surface area contributed by atoms with Gasteiger partial charge in [-0.1, -0.05) is 67.1 Å². The van der Waals surface area contributed by atoms with Crippen LogP contribution in [0.1, 0.15) is 54.5 Å². The van der Waals surface area contributed by atoms with Gasteiger partial charge in [0.05, 0.1) is 12.9 Å². The number of tetrazole rings is 1. The smallest absolute Gasteiger partial charge is 0.448 e. The molecule has 0 amide bonds. The summed E-state index contributed by atoms with van der Waals surface area (Å²) in [5, 5.41) is 18.0. The third-order valence-corrected chi connectivity index (χ3v) is 10.0. The molecule has 0 spiro atoms. The molecule has 320 valence electrons. The standard InChI is InChI=1S/C37H38ClF6N11O5/c38-14-18-55-51-30(50-52-55)27-26(59-33(56)36(39,40)41)28(60-34(57)37(42,43)44)32(58-27)54-21-47-25-29(48-35(49-31(25)54)45-15-19-53-16-8-3-9-17-53)46-20-24(22-10-4-1-5-11-22)23-12-6-2-7-13-23/h1-2,4-7,10-13,21,24,26-28,32H,3,8-9,14-20H2,(H2,45,46,48,49)/t26-,27+,28-,32-/m1/s1. The highest BCUT2D eigenvalue weighted by atomic mass is 35.5. The van der Waals surface area contributed by atoms with E-state index in [1.807, 2.05) is 60.7 Å². The molecular weight excluding hydrogens is 828 g/mol. The van der Waals surface area contributed by atoms with Crippen molar-refractivity contribution in [2.45, 2.75) is 68.6 Å². The van der Waals surface area contributed by atoms with Gasteiger partial charge in [-0.3, -0.25) is 4.57 Å². The van der Waals surface area contributed by atoms with E-state index in [0.717, 1.165) is 59.2 Å². The van der Waals surface area contributed by atoms with Crippen molar-refractivity contribution in [2.24, 2.45) is 0 Å². The number of rotatable bonds is 15. The van der Waals surface area contributed by atoms with Crippen LogP contribution in [-0.2, 0) is 30.3 Å². The maximum Gasteiger partial charge on any atom is 0.490 e. The van der Waals surface area contributed by atoms with Crippen molar-refractivity contribution < 1.29 is 50.1 Å². The molecule has 5 aromatic rings. The lowest BCUT2D eigenvalue weighted by Gasteiger charge is -2.26. The number of nitrogens with one attached hydrogen (secondary N) is 2. The van der Waals surface area contributed by atoms with Crippen molar-refractivity contribution in [3.8, 4) is 0 Å². The zero-order valence-electron chi connectivity index (χ0n) is 31.5. The second-order valence-corrected chi connectivity index (χ2v) is 14.3. The van der Waals surface area contributed by atoms with Crippen LogP contribution in [-0.4, -0.2) is 120 Å². The molecular formula is C37H38ClF6N11O5. The molecule has 7 rings (SSSR count). The second kappa shape index (κ2) is 18.3. The number of imidazole rings is 1. The Bertz CT molecular complexity index is 2190. The Morgan fingerprint density at radius 3 is 2.10 bits per heavy atom. The molecule has 0 aliphatic carbocycles. The number of fused-ring (bicyclic) bond motifs is 1. The average Bonchev–Trinajstić information content (AvgIpc) is 3.96. The molecule has 3 aromatic heterocycles. The van der Waals surface area contributed by atoms with Crippen molar-refractivity contribution >= 4 is 46.5 Å². The molecule has 2 fully saturated rings. The van der Waals surface area contributed by atoms with Crippen molar-refractivity contribution in [3.05, 3.63) is 83.9 Å². The van der Waals surface area contributed by atoms with Crippen molar-refractivity contribution in [1.82, 2.24) is 44.6 Å². The SMILES string of the molecule is O=C(O[C@@H]1[C@H](OC(=O)C(F)(F)F)[C@@H](c2nnn(CCCl)n2)O[C@H]1n1cnc2c(NCC(c3ccccc3)c3ccccc3)nc(NCCN3CCCCC3)nc21)C(F)(F)F. The van der Waals surface area contributed by atoms with Crippen molar-refractivity contribution in [1.29, 1.82) is 0 Å². The largest absolute Gasteiger partial charge is 0.490 e. The number of halogens is 7. The van der Waals surface area contributed by atoms with Crippen LogP contribution in [0.2, 0.25) is 0 Å². The number of benzene rings is 2. The highest BCUT2D eigenvalue weighted by Crippen LogP contribution is 2.44. The topological polar surface area (TPSA) is 176 Å². The number of aromatic nitrogens is 8. The van der Waals surface area contributed by atoms with Crippen molar-refractivity contribution in [3.63, 3.8) is 0 Å². The minimum Gasteiger partial charge on any atom is -0.448 e.